The highest BCUT2D eigenvalue weighted by atomic mass is 16.5. The van der Waals surface area contributed by atoms with Crippen LogP contribution in [0.25, 0.3) is 0 Å². The van der Waals surface area contributed by atoms with Crippen molar-refractivity contribution in [2.24, 2.45) is 0 Å². The molecule has 0 bridgehead atoms. The SMILES string of the molecule is CCOc1cccc(OCCN2C(=O)c3ccccc3C2=O)c1. The Morgan fingerprint density at radius 1 is 0.870 bits per heavy atom. The minimum absolute atomic E-state index is 0.214. The van der Waals surface area contributed by atoms with Crippen molar-refractivity contribution in [3.8, 4) is 11.5 Å². The summed E-state index contributed by atoms with van der Waals surface area (Å²) in [5.74, 6) is 0.841. The Kier molecular flexibility index (Phi) is 4.28. The Labute approximate surface area is 134 Å². The Bertz CT molecular complexity index is 706. The summed E-state index contributed by atoms with van der Waals surface area (Å²) in [6.45, 7) is 2.94. The number of benzene rings is 2. The van der Waals surface area contributed by atoms with E-state index in [-0.39, 0.29) is 25.0 Å². The smallest absolute Gasteiger partial charge is 0.261 e. The van der Waals surface area contributed by atoms with Gasteiger partial charge in [0.2, 0.25) is 0 Å². The molecule has 118 valence electrons. The van der Waals surface area contributed by atoms with E-state index in [2.05, 4.69) is 0 Å². The largest absolute Gasteiger partial charge is 0.494 e. The average Bonchev–Trinajstić information content (AvgIpc) is 2.81. The maximum Gasteiger partial charge on any atom is 0.261 e. The minimum Gasteiger partial charge on any atom is -0.494 e. The van der Waals surface area contributed by atoms with Crippen molar-refractivity contribution >= 4 is 11.8 Å². The maximum absolute atomic E-state index is 12.2. The van der Waals surface area contributed by atoms with Gasteiger partial charge in [0.15, 0.2) is 0 Å². The average molecular weight is 311 g/mol. The standard InChI is InChI=1S/C18H17NO4/c1-2-22-13-6-5-7-14(12-13)23-11-10-19-17(20)15-8-3-4-9-16(15)18(19)21/h3-9,12H,2,10-11H2,1H3. The van der Waals surface area contributed by atoms with Gasteiger partial charge in [0.1, 0.15) is 18.1 Å². The molecule has 2 aromatic rings. The fourth-order valence-corrected chi connectivity index (χ4v) is 2.52. The first-order valence-electron chi connectivity index (χ1n) is 7.51. The third-order valence-electron chi connectivity index (χ3n) is 3.58. The van der Waals surface area contributed by atoms with Crippen LogP contribution in [0.1, 0.15) is 27.6 Å². The lowest BCUT2D eigenvalue weighted by Gasteiger charge is -2.14. The van der Waals surface area contributed by atoms with Crippen molar-refractivity contribution < 1.29 is 19.1 Å². The summed E-state index contributed by atoms with van der Waals surface area (Å²) in [7, 11) is 0. The van der Waals surface area contributed by atoms with Crippen LogP contribution in [0.2, 0.25) is 0 Å². The molecule has 0 N–H and O–H groups in total. The molecule has 5 heteroatoms. The number of carbonyl (C=O) groups is 2. The van der Waals surface area contributed by atoms with Crippen molar-refractivity contribution in [1.29, 1.82) is 0 Å². The van der Waals surface area contributed by atoms with E-state index in [1.807, 2.05) is 25.1 Å². The third-order valence-corrected chi connectivity index (χ3v) is 3.58. The first-order valence-corrected chi connectivity index (χ1v) is 7.51. The Morgan fingerprint density at radius 2 is 1.48 bits per heavy atom. The second-order valence-corrected chi connectivity index (χ2v) is 5.06. The number of ether oxygens (including phenoxy) is 2. The number of fused-ring (bicyclic) bond motifs is 1. The topological polar surface area (TPSA) is 55.8 Å². The van der Waals surface area contributed by atoms with Gasteiger partial charge in [0.05, 0.1) is 24.3 Å². The molecule has 0 unspecified atom stereocenters. The minimum atomic E-state index is -0.266. The molecule has 0 aliphatic carbocycles. The maximum atomic E-state index is 12.2. The van der Waals surface area contributed by atoms with Crippen molar-refractivity contribution in [1.82, 2.24) is 4.90 Å². The summed E-state index contributed by atoms with van der Waals surface area (Å²) in [5, 5.41) is 0. The number of carbonyl (C=O) groups excluding carboxylic acids is 2. The molecule has 0 atom stereocenters. The first kappa shape index (κ1) is 15.1. The van der Waals surface area contributed by atoms with E-state index < -0.39 is 0 Å². The monoisotopic (exact) mass is 311 g/mol. The predicted octanol–water partition coefficient (Wildman–Crippen LogP) is 2.76. The van der Waals surface area contributed by atoms with Gasteiger partial charge in [-0.25, -0.2) is 0 Å². The second-order valence-electron chi connectivity index (χ2n) is 5.06. The molecule has 0 saturated carbocycles. The third kappa shape index (κ3) is 3.04. The molecule has 0 spiro atoms. The van der Waals surface area contributed by atoms with Gasteiger partial charge in [-0.05, 0) is 31.2 Å². The van der Waals surface area contributed by atoms with Crippen LogP contribution in [0.3, 0.4) is 0 Å². The van der Waals surface area contributed by atoms with Crippen molar-refractivity contribution in [2.45, 2.75) is 6.92 Å². The molecular weight excluding hydrogens is 294 g/mol. The number of nitrogens with zero attached hydrogens (tertiary/aromatic N) is 1. The van der Waals surface area contributed by atoms with Crippen LogP contribution >= 0.6 is 0 Å². The van der Waals surface area contributed by atoms with Gasteiger partial charge in [-0.2, -0.15) is 0 Å². The fourth-order valence-electron chi connectivity index (χ4n) is 2.52. The molecule has 23 heavy (non-hydrogen) atoms. The van der Waals surface area contributed by atoms with E-state index in [1.165, 1.54) is 4.90 Å². The summed E-state index contributed by atoms with van der Waals surface area (Å²) in [5.41, 5.74) is 0.909. The lowest BCUT2D eigenvalue weighted by Crippen LogP contribution is -2.33. The van der Waals surface area contributed by atoms with E-state index >= 15 is 0 Å². The molecule has 1 aliphatic heterocycles. The van der Waals surface area contributed by atoms with Crippen molar-refractivity contribution in [2.75, 3.05) is 19.8 Å². The van der Waals surface area contributed by atoms with E-state index in [9.17, 15) is 9.59 Å². The van der Waals surface area contributed by atoms with E-state index in [4.69, 9.17) is 9.47 Å². The first-order chi connectivity index (χ1) is 11.2. The summed E-state index contributed by atoms with van der Waals surface area (Å²) in [6.07, 6.45) is 0. The van der Waals surface area contributed by atoms with Gasteiger partial charge in [0, 0.05) is 6.07 Å². The molecule has 1 heterocycles. The molecule has 1 aliphatic rings. The molecule has 0 fully saturated rings. The molecule has 2 aromatic carbocycles. The van der Waals surface area contributed by atoms with Gasteiger partial charge < -0.3 is 9.47 Å². The fraction of sp³-hybridized carbons (Fsp3) is 0.222. The molecule has 0 saturated heterocycles. The number of hydrogen-bond acceptors (Lipinski definition) is 4. The summed E-state index contributed by atoms with van der Waals surface area (Å²) >= 11 is 0. The predicted molar refractivity (Wildman–Crippen MR) is 84.9 cm³/mol. The normalized spacial score (nSPS) is 13.2. The molecular formula is C18H17NO4. The highest BCUT2D eigenvalue weighted by molar-refractivity contribution is 6.21. The van der Waals surface area contributed by atoms with Gasteiger partial charge in [0.25, 0.3) is 11.8 Å². The molecule has 0 aromatic heterocycles. The molecule has 5 nitrogen and oxygen atoms in total. The Morgan fingerprint density at radius 3 is 2.09 bits per heavy atom. The van der Waals surface area contributed by atoms with Crippen LogP contribution in [0.5, 0.6) is 11.5 Å². The number of rotatable bonds is 6. The van der Waals surface area contributed by atoms with Crippen LogP contribution < -0.4 is 9.47 Å². The lowest BCUT2D eigenvalue weighted by atomic mass is 10.1. The zero-order valence-corrected chi connectivity index (χ0v) is 12.8. The van der Waals surface area contributed by atoms with Crippen molar-refractivity contribution in [3.05, 3.63) is 59.7 Å². The summed E-state index contributed by atoms with van der Waals surface area (Å²) < 4.78 is 11.0. The highest BCUT2D eigenvalue weighted by Crippen LogP contribution is 2.23. The van der Waals surface area contributed by atoms with Gasteiger partial charge in [-0.1, -0.05) is 18.2 Å². The second kappa shape index (κ2) is 6.52. The van der Waals surface area contributed by atoms with Crippen LogP contribution in [0.4, 0.5) is 0 Å². The van der Waals surface area contributed by atoms with Gasteiger partial charge in [-0.3, -0.25) is 14.5 Å². The van der Waals surface area contributed by atoms with E-state index in [0.29, 0.717) is 23.5 Å². The van der Waals surface area contributed by atoms with Crippen LogP contribution in [0.15, 0.2) is 48.5 Å². The molecule has 0 radical (unpaired) electrons. The zero-order chi connectivity index (χ0) is 16.2. The number of imide groups is 1. The van der Waals surface area contributed by atoms with E-state index in [0.717, 1.165) is 5.75 Å². The summed E-state index contributed by atoms with van der Waals surface area (Å²) in [4.78, 5) is 25.7. The number of hydrogen-bond donors (Lipinski definition) is 0. The van der Waals surface area contributed by atoms with E-state index in [1.54, 1.807) is 30.3 Å². The highest BCUT2D eigenvalue weighted by Gasteiger charge is 2.34. The van der Waals surface area contributed by atoms with Crippen LogP contribution in [-0.4, -0.2) is 36.5 Å². The van der Waals surface area contributed by atoms with Gasteiger partial charge in [-0.15, -0.1) is 0 Å². The Balaban J connectivity index is 1.61. The quantitative estimate of drug-likeness (QED) is 0.770. The summed E-state index contributed by atoms with van der Waals surface area (Å²) in [6, 6.07) is 14.1. The molecule has 3 rings (SSSR count). The van der Waals surface area contributed by atoms with Gasteiger partial charge >= 0.3 is 0 Å². The number of amides is 2. The Hall–Kier alpha value is -2.82. The zero-order valence-electron chi connectivity index (χ0n) is 12.8. The lowest BCUT2D eigenvalue weighted by molar-refractivity contribution is 0.0631. The van der Waals surface area contributed by atoms with Crippen molar-refractivity contribution in [3.63, 3.8) is 0 Å². The molecule has 2 amide bonds. The van der Waals surface area contributed by atoms with Crippen LogP contribution in [-0.2, 0) is 0 Å². The van der Waals surface area contributed by atoms with Crippen LogP contribution in [0, 0.1) is 0 Å².